The van der Waals surface area contributed by atoms with Gasteiger partial charge in [-0.25, -0.2) is 0 Å². The SMILES string of the molecule is C1=CC2=c3c(oc4ccc(N(c5ccccc5)c5cccc(-c6ccccc6)c5)c(N(c5ccccc5)c5ccccc5-c5ccccc5)c34)=CCC2C=C1. The Kier molecular flexibility index (Phi) is 8.31. The summed E-state index contributed by atoms with van der Waals surface area (Å²) >= 11 is 0. The van der Waals surface area contributed by atoms with Crippen molar-refractivity contribution < 1.29 is 4.42 Å². The molecule has 2 aliphatic rings. The van der Waals surface area contributed by atoms with Gasteiger partial charge in [0, 0.05) is 33.8 Å². The second-order valence-electron chi connectivity index (χ2n) is 14.0. The van der Waals surface area contributed by atoms with E-state index < -0.39 is 0 Å². The van der Waals surface area contributed by atoms with Crippen molar-refractivity contribution in [3.8, 4) is 22.3 Å². The molecule has 0 saturated carbocycles. The molecule has 1 aromatic heterocycles. The summed E-state index contributed by atoms with van der Waals surface area (Å²) in [5.74, 6) is 0.282. The van der Waals surface area contributed by atoms with Gasteiger partial charge >= 0.3 is 0 Å². The molecule has 0 spiro atoms. The second-order valence-corrected chi connectivity index (χ2v) is 14.0. The van der Waals surface area contributed by atoms with Crippen LogP contribution < -0.4 is 20.4 Å². The van der Waals surface area contributed by atoms with Crippen LogP contribution in [0.15, 0.2) is 211 Å². The molecule has 1 heterocycles. The molecule has 0 N–H and O–H groups in total. The topological polar surface area (TPSA) is 19.6 Å². The Morgan fingerprint density at radius 3 is 1.85 bits per heavy atom. The average Bonchev–Trinajstić information content (AvgIpc) is 3.66. The first-order valence-electron chi connectivity index (χ1n) is 19.0. The fraction of sp³-hybridized carbons (Fsp3) is 0.0385. The monoisotopic (exact) mass is 706 g/mol. The van der Waals surface area contributed by atoms with Crippen molar-refractivity contribution in [2.45, 2.75) is 6.42 Å². The first kappa shape index (κ1) is 32.5. The lowest BCUT2D eigenvalue weighted by Crippen LogP contribution is -2.30. The maximum Gasteiger partial charge on any atom is 0.137 e. The lowest BCUT2D eigenvalue weighted by Gasteiger charge is -2.34. The molecule has 0 saturated heterocycles. The van der Waals surface area contributed by atoms with Gasteiger partial charge < -0.3 is 14.2 Å². The van der Waals surface area contributed by atoms with Crippen LogP contribution in [0.3, 0.4) is 0 Å². The van der Waals surface area contributed by atoms with Gasteiger partial charge in [-0.1, -0.05) is 152 Å². The van der Waals surface area contributed by atoms with Crippen molar-refractivity contribution >= 4 is 56.7 Å². The minimum atomic E-state index is 0.282. The number of benzene rings is 7. The van der Waals surface area contributed by atoms with Gasteiger partial charge in [0.05, 0.1) is 22.4 Å². The van der Waals surface area contributed by atoms with E-state index in [4.69, 9.17) is 4.42 Å². The molecule has 55 heavy (non-hydrogen) atoms. The van der Waals surface area contributed by atoms with Crippen molar-refractivity contribution in [1.82, 2.24) is 0 Å². The number of rotatable bonds is 8. The standard InChI is InChI=1S/C52H38N2O/c1-5-18-37(19-6-1)40-23-17-28-43(36-40)53(41-24-9-3-10-25-41)47-33-35-49-51(50-45-30-14-13-22-39(45)32-34-48(50)55-49)52(47)54(42-26-11-4-12-27-42)46-31-16-15-29-44(46)38-20-7-2-8-21-38/h1-31,33-36,39H,32H2. The predicted octanol–water partition coefficient (Wildman–Crippen LogP) is 12.8. The third kappa shape index (κ3) is 5.87. The summed E-state index contributed by atoms with van der Waals surface area (Å²) < 4.78 is 6.86. The molecule has 1 unspecified atom stereocenters. The Bertz CT molecular complexity index is 2840. The summed E-state index contributed by atoms with van der Waals surface area (Å²) in [5.41, 5.74) is 14.1. The highest BCUT2D eigenvalue weighted by atomic mass is 16.3. The highest BCUT2D eigenvalue weighted by molar-refractivity contribution is 6.08. The molecule has 0 aliphatic heterocycles. The first-order chi connectivity index (χ1) is 27.3. The molecular weight excluding hydrogens is 669 g/mol. The van der Waals surface area contributed by atoms with E-state index in [1.54, 1.807) is 0 Å². The maximum atomic E-state index is 6.86. The largest absolute Gasteiger partial charge is 0.456 e. The summed E-state index contributed by atoms with van der Waals surface area (Å²) in [6.45, 7) is 0. The van der Waals surface area contributed by atoms with E-state index in [9.17, 15) is 0 Å². The molecule has 8 aromatic rings. The van der Waals surface area contributed by atoms with Gasteiger partial charge in [0.1, 0.15) is 11.0 Å². The van der Waals surface area contributed by atoms with Crippen LogP contribution in [-0.4, -0.2) is 0 Å². The molecule has 3 nitrogen and oxygen atoms in total. The molecule has 262 valence electrons. The number of fused-ring (bicyclic) bond motifs is 4. The van der Waals surface area contributed by atoms with E-state index in [-0.39, 0.29) is 5.92 Å². The molecule has 0 amide bonds. The van der Waals surface area contributed by atoms with Gasteiger partial charge in [0.25, 0.3) is 0 Å². The fourth-order valence-electron chi connectivity index (χ4n) is 8.27. The molecule has 2 aliphatic carbocycles. The molecular formula is C52H38N2O. The van der Waals surface area contributed by atoms with Crippen LogP contribution in [0.5, 0.6) is 0 Å². The Morgan fingerprint density at radius 2 is 1.11 bits per heavy atom. The van der Waals surface area contributed by atoms with Crippen LogP contribution in [0.25, 0.3) is 44.9 Å². The highest BCUT2D eigenvalue weighted by Crippen LogP contribution is 2.50. The number of hydrogen-bond donors (Lipinski definition) is 0. The zero-order valence-electron chi connectivity index (χ0n) is 30.3. The van der Waals surface area contributed by atoms with Crippen molar-refractivity contribution in [1.29, 1.82) is 0 Å². The number of anilines is 6. The molecule has 7 aromatic carbocycles. The predicted molar refractivity (Wildman–Crippen MR) is 230 cm³/mol. The zero-order chi connectivity index (χ0) is 36.6. The quantitative estimate of drug-likeness (QED) is 0.157. The van der Waals surface area contributed by atoms with Gasteiger partial charge in [-0.15, -0.1) is 0 Å². The van der Waals surface area contributed by atoms with Crippen LogP contribution in [0.1, 0.15) is 6.42 Å². The number of para-hydroxylation sites is 3. The third-order valence-electron chi connectivity index (χ3n) is 10.7. The molecule has 3 heteroatoms. The molecule has 0 fully saturated rings. The number of allylic oxidation sites excluding steroid dienone is 4. The van der Waals surface area contributed by atoms with E-state index in [0.29, 0.717) is 0 Å². The van der Waals surface area contributed by atoms with Crippen molar-refractivity contribution in [2.24, 2.45) is 5.92 Å². The van der Waals surface area contributed by atoms with Crippen LogP contribution in [0.2, 0.25) is 0 Å². The van der Waals surface area contributed by atoms with E-state index in [2.05, 4.69) is 222 Å². The normalized spacial score (nSPS) is 14.3. The minimum Gasteiger partial charge on any atom is -0.456 e. The van der Waals surface area contributed by atoms with Crippen molar-refractivity contribution in [3.63, 3.8) is 0 Å². The maximum absolute atomic E-state index is 6.86. The number of furan rings is 1. The minimum absolute atomic E-state index is 0.282. The third-order valence-corrected chi connectivity index (χ3v) is 10.7. The molecule has 1 atom stereocenters. The smallest absolute Gasteiger partial charge is 0.137 e. The Hall–Kier alpha value is -7.10. The van der Waals surface area contributed by atoms with E-state index >= 15 is 0 Å². The van der Waals surface area contributed by atoms with E-state index in [1.807, 2.05) is 0 Å². The summed E-state index contributed by atoms with van der Waals surface area (Å²) in [7, 11) is 0. The van der Waals surface area contributed by atoms with Gasteiger partial charge in [0.15, 0.2) is 0 Å². The highest BCUT2D eigenvalue weighted by Gasteiger charge is 2.30. The van der Waals surface area contributed by atoms with E-state index in [0.717, 1.165) is 78.8 Å². The fourth-order valence-corrected chi connectivity index (χ4v) is 8.27. The lowest BCUT2D eigenvalue weighted by molar-refractivity contribution is 0.568. The zero-order valence-corrected chi connectivity index (χ0v) is 30.3. The van der Waals surface area contributed by atoms with Crippen LogP contribution in [0, 0.1) is 5.92 Å². The van der Waals surface area contributed by atoms with Gasteiger partial charge in [0.2, 0.25) is 0 Å². The average molecular weight is 707 g/mol. The number of hydrogen-bond acceptors (Lipinski definition) is 3. The Morgan fingerprint density at radius 1 is 0.491 bits per heavy atom. The summed E-state index contributed by atoms with van der Waals surface area (Å²) in [6.07, 6.45) is 12.1. The second kappa shape index (κ2) is 14.0. The Balaban J connectivity index is 1.36. The molecule has 0 radical (unpaired) electrons. The van der Waals surface area contributed by atoms with Crippen LogP contribution in [-0.2, 0) is 0 Å². The van der Waals surface area contributed by atoms with Gasteiger partial charge in [-0.05, 0) is 89.4 Å². The molecule has 10 rings (SSSR count). The Labute approximate surface area is 321 Å². The van der Waals surface area contributed by atoms with Gasteiger partial charge in [-0.2, -0.15) is 0 Å². The first-order valence-corrected chi connectivity index (χ1v) is 19.0. The van der Waals surface area contributed by atoms with Crippen LogP contribution >= 0.6 is 0 Å². The molecule has 0 bridgehead atoms. The summed E-state index contributed by atoms with van der Waals surface area (Å²) in [4.78, 5) is 4.87. The summed E-state index contributed by atoms with van der Waals surface area (Å²) in [6, 6.07) is 64.9. The van der Waals surface area contributed by atoms with Crippen molar-refractivity contribution in [3.05, 3.63) is 217 Å². The van der Waals surface area contributed by atoms with Crippen LogP contribution in [0.4, 0.5) is 34.1 Å². The van der Waals surface area contributed by atoms with Crippen molar-refractivity contribution in [2.75, 3.05) is 9.80 Å². The number of nitrogens with zero attached hydrogens (tertiary/aromatic N) is 2. The lowest BCUT2D eigenvalue weighted by atomic mass is 9.86. The van der Waals surface area contributed by atoms with Gasteiger partial charge in [-0.3, -0.25) is 0 Å². The summed E-state index contributed by atoms with van der Waals surface area (Å²) in [5, 5.41) is 2.25. The van der Waals surface area contributed by atoms with E-state index in [1.165, 1.54) is 11.1 Å².